The summed E-state index contributed by atoms with van der Waals surface area (Å²) in [5.41, 5.74) is 2.18. The maximum atomic E-state index is 12.3. The second-order valence-electron chi connectivity index (χ2n) is 9.16. The van der Waals surface area contributed by atoms with Crippen molar-refractivity contribution in [2.75, 3.05) is 11.9 Å². The fraction of sp³-hybridized carbons (Fsp3) is 0.591. The average molecular weight is 430 g/mol. The summed E-state index contributed by atoms with van der Waals surface area (Å²) in [5.74, 6) is 2.58. The molecular formula is C22H27N3O2S2. The van der Waals surface area contributed by atoms with Crippen molar-refractivity contribution < 1.29 is 9.59 Å². The van der Waals surface area contributed by atoms with Crippen LogP contribution in [0.1, 0.15) is 67.4 Å². The molecule has 0 aromatic carbocycles. The van der Waals surface area contributed by atoms with Crippen molar-refractivity contribution in [1.82, 2.24) is 10.3 Å². The van der Waals surface area contributed by atoms with Gasteiger partial charge in [-0.2, -0.15) is 11.3 Å². The molecule has 4 fully saturated rings. The quantitative estimate of drug-likeness (QED) is 0.620. The molecule has 2 N–H and O–H groups in total. The molecule has 4 aliphatic rings. The summed E-state index contributed by atoms with van der Waals surface area (Å²) in [6.07, 6.45) is 9.16. The van der Waals surface area contributed by atoms with Gasteiger partial charge in [0, 0.05) is 34.7 Å². The van der Waals surface area contributed by atoms with Gasteiger partial charge >= 0.3 is 0 Å². The van der Waals surface area contributed by atoms with E-state index in [1.807, 2.05) is 10.8 Å². The van der Waals surface area contributed by atoms with E-state index in [2.05, 4.69) is 16.0 Å². The number of anilines is 1. The first-order valence-electron chi connectivity index (χ1n) is 10.7. The van der Waals surface area contributed by atoms with Gasteiger partial charge in [0.2, 0.25) is 5.91 Å². The van der Waals surface area contributed by atoms with E-state index in [-0.39, 0.29) is 17.2 Å². The first kappa shape index (κ1) is 19.2. The molecule has 0 radical (unpaired) electrons. The Morgan fingerprint density at radius 3 is 2.48 bits per heavy atom. The van der Waals surface area contributed by atoms with E-state index in [4.69, 9.17) is 4.98 Å². The molecule has 6 rings (SSSR count). The lowest BCUT2D eigenvalue weighted by Gasteiger charge is -2.56. The zero-order valence-corrected chi connectivity index (χ0v) is 18.1. The summed E-state index contributed by atoms with van der Waals surface area (Å²) in [5, 5.41) is 12.4. The van der Waals surface area contributed by atoms with Gasteiger partial charge in [-0.3, -0.25) is 9.59 Å². The smallest absolute Gasteiger partial charge is 0.252 e. The Bertz CT molecular complexity index is 854. The standard InChI is InChI=1S/C22H27N3O2S2/c26-19(2-1-4-23-20(27)17-3-5-28-12-17)25-21-24-18(13-29-21)22-9-14-6-15(10-22)8-16(7-14)11-22/h3,5,12-16H,1-2,4,6-11H2,(H,23,27)(H,24,25,26). The Labute approximate surface area is 179 Å². The van der Waals surface area contributed by atoms with Gasteiger partial charge in [0.25, 0.3) is 5.91 Å². The summed E-state index contributed by atoms with van der Waals surface area (Å²) >= 11 is 3.06. The van der Waals surface area contributed by atoms with Crippen molar-refractivity contribution in [1.29, 1.82) is 0 Å². The highest BCUT2D eigenvalue weighted by Crippen LogP contribution is 2.60. The third-order valence-corrected chi connectivity index (χ3v) is 8.42. The molecule has 7 heteroatoms. The summed E-state index contributed by atoms with van der Waals surface area (Å²) in [7, 11) is 0. The van der Waals surface area contributed by atoms with Crippen LogP contribution in [0.5, 0.6) is 0 Å². The van der Waals surface area contributed by atoms with Crippen LogP contribution in [0.2, 0.25) is 0 Å². The highest BCUT2D eigenvalue weighted by atomic mass is 32.1. The predicted octanol–water partition coefficient (Wildman–Crippen LogP) is 4.82. The number of nitrogens with zero attached hydrogens (tertiary/aromatic N) is 1. The first-order chi connectivity index (χ1) is 14.1. The van der Waals surface area contributed by atoms with Crippen molar-refractivity contribution in [2.45, 2.75) is 56.8 Å². The Morgan fingerprint density at radius 2 is 1.83 bits per heavy atom. The molecule has 2 aromatic rings. The monoisotopic (exact) mass is 429 g/mol. The van der Waals surface area contributed by atoms with Crippen LogP contribution in [0.3, 0.4) is 0 Å². The number of thiophene rings is 1. The molecule has 2 aromatic heterocycles. The molecule has 0 spiro atoms. The van der Waals surface area contributed by atoms with Crippen LogP contribution in [-0.2, 0) is 10.2 Å². The minimum Gasteiger partial charge on any atom is -0.352 e. The van der Waals surface area contributed by atoms with Crippen molar-refractivity contribution in [2.24, 2.45) is 17.8 Å². The molecule has 29 heavy (non-hydrogen) atoms. The third-order valence-electron chi connectivity index (χ3n) is 6.98. The molecule has 2 amide bonds. The number of carbonyl (C=O) groups is 2. The van der Waals surface area contributed by atoms with Crippen molar-refractivity contribution in [3.8, 4) is 0 Å². The van der Waals surface area contributed by atoms with Gasteiger partial charge in [-0.1, -0.05) is 0 Å². The lowest BCUT2D eigenvalue weighted by Crippen LogP contribution is -2.48. The van der Waals surface area contributed by atoms with E-state index < -0.39 is 0 Å². The van der Waals surface area contributed by atoms with E-state index in [0.717, 1.165) is 22.9 Å². The van der Waals surface area contributed by atoms with E-state index in [0.29, 0.717) is 24.9 Å². The number of thiazole rings is 1. The molecule has 4 bridgehead atoms. The molecule has 4 aliphatic carbocycles. The minimum atomic E-state index is -0.0770. The number of nitrogens with one attached hydrogen (secondary N) is 2. The molecule has 0 unspecified atom stereocenters. The predicted molar refractivity (Wildman–Crippen MR) is 116 cm³/mol. The highest BCUT2D eigenvalue weighted by molar-refractivity contribution is 7.14. The van der Waals surface area contributed by atoms with Crippen LogP contribution in [0.4, 0.5) is 5.13 Å². The van der Waals surface area contributed by atoms with E-state index in [1.54, 1.807) is 17.4 Å². The number of hydrogen-bond donors (Lipinski definition) is 2. The minimum absolute atomic E-state index is 0.0267. The maximum absolute atomic E-state index is 12.3. The molecule has 4 saturated carbocycles. The zero-order chi connectivity index (χ0) is 19.8. The van der Waals surface area contributed by atoms with E-state index >= 15 is 0 Å². The number of aromatic nitrogens is 1. The lowest BCUT2D eigenvalue weighted by atomic mass is 9.49. The Kier molecular flexibility index (Phi) is 5.20. The second kappa shape index (κ2) is 7.84. The zero-order valence-electron chi connectivity index (χ0n) is 16.5. The van der Waals surface area contributed by atoms with E-state index in [1.165, 1.54) is 55.6 Å². The largest absolute Gasteiger partial charge is 0.352 e. The first-order valence-corrected chi connectivity index (χ1v) is 12.5. The summed E-state index contributed by atoms with van der Waals surface area (Å²) in [4.78, 5) is 29.0. The fourth-order valence-corrected chi connectivity index (χ4v) is 7.61. The van der Waals surface area contributed by atoms with Crippen LogP contribution in [0.25, 0.3) is 0 Å². The van der Waals surface area contributed by atoms with E-state index in [9.17, 15) is 9.59 Å². The van der Waals surface area contributed by atoms with Crippen molar-refractivity contribution in [3.05, 3.63) is 33.5 Å². The lowest BCUT2D eigenvalue weighted by molar-refractivity contribution is -0.116. The summed E-state index contributed by atoms with van der Waals surface area (Å²) in [6.45, 7) is 0.499. The van der Waals surface area contributed by atoms with Gasteiger partial charge in [-0.25, -0.2) is 4.98 Å². The van der Waals surface area contributed by atoms with Crippen molar-refractivity contribution >= 4 is 39.6 Å². The Hall–Kier alpha value is -1.73. The van der Waals surface area contributed by atoms with Gasteiger partial charge in [0.1, 0.15) is 0 Å². The SMILES string of the molecule is O=C(CCCNC(=O)c1ccsc1)Nc1nc(C23CC4CC(CC(C4)C2)C3)cs1. The topological polar surface area (TPSA) is 71.1 Å². The maximum Gasteiger partial charge on any atom is 0.252 e. The highest BCUT2D eigenvalue weighted by Gasteiger charge is 2.52. The van der Waals surface area contributed by atoms with Gasteiger partial charge in [-0.15, -0.1) is 11.3 Å². The average Bonchev–Trinajstić information content (AvgIpc) is 3.36. The molecule has 5 nitrogen and oxygen atoms in total. The number of amides is 2. The molecule has 0 aliphatic heterocycles. The fourth-order valence-electron chi connectivity index (χ4n) is 6.13. The van der Waals surface area contributed by atoms with Gasteiger partial charge in [0.15, 0.2) is 5.13 Å². The van der Waals surface area contributed by atoms with Gasteiger partial charge < -0.3 is 10.6 Å². The normalized spacial score (nSPS) is 29.7. The molecule has 0 saturated heterocycles. The van der Waals surface area contributed by atoms with Crippen LogP contribution in [-0.4, -0.2) is 23.3 Å². The molecule has 0 atom stereocenters. The molecular weight excluding hydrogens is 402 g/mol. The number of hydrogen-bond acceptors (Lipinski definition) is 5. The van der Waals surface area contributed by atoms with Crippen LogP contribution >= 0.6 is 22.7 Å². The summed E-state index contributed by atoms with van der Waals surface area (Å²) in [6, 6.07) is 1.80. The van der Waals surface area contributed by atoms with Crippen LogP contribution < -0.4 is 10.6 Å². The second-order valence-corrected chi connectivity index (χ2v) is 10.8. The van der Waals surface area contributed by atoms with Crippen LogP contribution in [0.15, 0.2) is 22.2 Å². The van der Waals surface area contributed by atoms with Gasteiger partial charge in [0.05, 0.1) is 5.69 Å². The van der Waals surface area contributed by atoms with Gasteiger partial charge in [-0.05, 0) is 74.1 Å². The molecule has 2 heterocycles. The Morgan fingerprint density at radius 1 is 1.10 bits per heavy atom. The van der Waals surface area contributed by atoms with Crippen LogP contribution in [0, 0.1) is 17.8 Å². The number of carbonyl (C=O) groups excluding carboxylic acids is 2. The number of rotatable bonds is 7. The third kappa shape index (κ3) is 3.99. The Balaban J connectivity index is 1.11. The summed E-state index contributed by atoms with van der Waals surface area (Å²) < 4.78 is 0. The van der Waals surface area contributed by atoms with Crippen molar-refractivity contribution in [3.63, 3.8) is 0 Å². The molecule has 154 valence electrons.